The third-order valence-corrected chi connectivity index (χ3v) is 6.46. The molecule has 3 aliphatic rings. The molecule has 2 N–H and O–H groups in total. The summed E-state index contributed by atoms with van der Waals surface area (Å²) in [6, 6.07) is 13.7. The first-order chi connectivity index (χ1) is 13.3. The first-order valence-corrected chi connectivity index (χ1v) is 9.75. The summed E-state index contributed by atoms with van der Waals surface area (Å²) >= 11 is 12.3. The Morgan fingerprint density at radius 1 is 1.11 bits per heavy atom. The van der Waals surface area contributed by atoms with Crippen LogP contribution < -0.4 is 5.32 Å². The number of benzene rings is 2. The van der Waals surface area contributed by atoms with Crippen LogP contribution in [0.2, 0.25) is 10.0 Å². The third kappa shape index (κ3) is 3.23. The molecule has 1 amide bonds. The second-order valence-corrected chi connectivity index (χ2v) is 8.62. The lowest BCUT2D eigenvalue weighted by molar-refractivity contribution is -0.183. The van der Waals surface area contributed by atoms with Gasteiger partial charge >= 0.3 is 12.1 Å². The highest BCUT2D eigenvalue weighted by molar-refractivity contribution is 6.35. The molecule has 3 saturated carbocycles. The van der Waals surface area contributed by atoms with E-state index in [-0.39, 0.29) is 12.0 Å². The van der Waals surface area contributed by atoms with Gasteiger partial charge < -0.3 is 15.2 Å². The molecule has 0 spiro atoms. The molecule has 0 radical (unpaired) electrons. The van der Waals surface area contributed by atoms with Crippen LogP contribution in [0, 0.1) is 5.41 Å². The zero-order valence-electron chi connectivity index (χ0n) is 15.0. The number of carboxylic acid groups (broad SMARTS) is 1. The smallest absolute Gasteiger partial charge is 0.408 e. The van der Waals surface area contributed by atoms with E-state index < -0.39 is 23.5 Å². The van der Waals surface area contributed by atoms with Gasteiger partial charge in [-0.15, -0.1) is 0 Å². The molecule has 1 unspecified atom stereocenters. The topological polar surface area (TPSA) is 75.6 Å². The molecule has 0 saturated heterocycles. The Morgan fingerprint density at radius 3 is 2.39 bits per heavy atom. The Labute approximate surface area is 172 Å². The van der Waals surface area contributed by atoms with Gasteiger partial charge in [-0.05, 0) is 47.9 Å². The molecular weight excluding hydrogens is 401 g/mol. The van der Waals surface area contributed by atoms with E-state index in [0.29, 0.717) is 29.3 Å². The molecule has 1 atom stereocenters. The summed E-state index contributed by atoms with van der Waals surface area (Å²) in [4.78, 5) is 24.0. The summed E-state index contributed by atoms with van der Waals surface area (Å²) in [5.41, 5.74) is 1.26. The van der Waals surface area contributed by atoms with Crippen LogP contribution in [-0.2, 0) is 21.6 Å². The summed E-state index contributed by atoms with van der Waals surface area (Å²) in [6.45, 7) is 0.0936. The van der Waals surface area contributed by atoms with Crippen LogP contribution in [0.1, 0.15) is 30.4 Å². The first kappa shape index (κ1) is 19.1. The van der Waals surface area contributed by atoms with Gasteiger partial charge in [-0.25, -0.2) is 9.59 Å². The molecule has 146 valence electrons. The lowest BCUT2D eigenvalue weighted by Gasteiger charge is -2.72. The van der Waals surface area contributed by atoms with E-state index in [2.05, 4.69) is 5.32 Å². The zero-order chi connectivity index (χ0) is 19.9. The van der Waals surface area contributed by atoms with E-state index in [4.69, 9.17) is 27.9 Å². The Hall–Kier alpha value is -2.24. The second-order valence-electron chi connectivity index (χ2n) is 7.77. The van der Waals surface area contributed by atoms with Crippen LogP contribution in [0.15, 0.2) is 48.5 Å². The molecule has 0 aromatic heterocycles. The van der Waals surface area contributed by atoms with E-state index in [9.17, 15) is 14.7 Å². The maximum absolute atomic E-state index is 12.1. The third-order valence-electron chi connectivity index (χ3n) is 5.91. The number of nitrogens with one attached hydrogen (secondary N) is 1. The Bertz CT molecular complexity index is 911. The average molecular weight is 420 g/mol. The van der Waals surface area contributed by atoms with Crippen molar-refractivity contribution in [3.05, 3.63) is 69.7 Å². The molecule has 0 aliphatic heterocycles. The SMILES string of the molecule is O=C(NC(C(=O)O)C12CC(c3ccc(Cl)cc3Cl)(C1)C2)OCc1ccccc1. The van der Waals surface area contributed by atoms with Gasteiger partial charge in [0, 0.05) is 15.5 Å². The quantitative estimate of drug-likeness (QED) is 0.705. The second kappa shape index (κ2) is 6.98. The van der Waals surface area contributed by atoms with Crippen LogP contribution in [0.5, 0.6) is 0 Å². The van der Waals surface area contributed by atoms with Gasteiger partial charge in [-0.2, -0.15) is 0 Å². The van der Waals surface area contributed by atoms with Crippen molar-refractivity contribution in [3.63, 3.8) is 0 Å². The van der Waals surface area contributed by atoms with Gasteiger partial charge in [-0.3, -0.25) is 0 Å². The zero-order valence-corrected chi connectivity index (χ0v) is 16.5. The first-order valence-electron chi connectivity index (χ1n) is 8.99. The minimum Gasteiger partial charge on any atom is -0.480 e. The van der Waals surface area contributed by atoms with Crippen molar-refractivity contribution in [2.24, 2.45) is 5.41 Å². The number of halogens is 2. The number of amides is 1. The normalized spacial score (nSPS) is 25.8. The monoisotopic (exact) mass is 419 g/mol. The van der Waals surface area contributed by atoms with Crippen molar-refractivity contribution < 1.29 is 19.4 Å². The fourth-order valence-corrected chi connectivity index (χ4v) is 5.35. The number of ether oxygens (including phenoxy) is 1. The highest BCUT2D eigenvalue weighted by Crippen LogP contribution is 2.75. The summed E-state index contributed by atoms with van der Waals surface area (Å²) in [7, 11) is 0. The van der Waals surface area contributed by atoms with Crippen LogP contribution in [0.4, 0.5) is 4.79 Å². The van der Waals surface area contributed by atoms with Crippen molar-refractivity contribution in [1.29, 1.82) is 0 Å². The van der Waals surface area contributed by atoms with E-state index in [1.165, 1.54) is 0 Å². The number of rotatable bonds is 6. The summed E-state index contributed by atoms with van der Waals surface area (Å²) < 4.78 is 5.18. The van der Waals surface area contributed by atoms with Crippen molar-refractivity contribution in [3.8, 4) is 0 Å². The molecule has 0 heterocycles. The average Bonchev–Trinajstić information content (AvgIpc) is 2.59. The van der Waals surface area contributed by atoms with E-state index in [1.807, 2.05) is 36.4 Å². The fourth-order valence-electron chi connectivity index (χ4n) is 4.74. The standard InChI is InChI=1S/C21H19Cl2NO4/c22-14-6-7-15(16(23)8-14)20-10-21(11-20,12-20)17(18(25)26)24-19(27)28-9-13-4-2-1-3-5-13/h1-8,17H,9-12H2,(H,24,27)(H,25,26). The summed E-state index contributed by atoms with van der Waals surface area (Å²) in [5, 5.41) is 13.4. The minimum absolute atomic E-state index is 0.0936. The highest BCUT2D eigenvalue weighted by atomic mass is 35.5. The molecule has 5 rings (SSSR count). The minimum atomic E-state index is -1.05. The molecule has 2 aromatic rings. The van der Waals surface area contributed by atoms with Gasteiger partial charge in [0.05, 0.1) is 0 Å². The maximum Gasteiger partial charge on any atom is 0.408 e. The number of aliphatic carboxylic acids is 1. The van der Waals surface area contributed by atoms with Crippen LogP contribution in [0.3, 0.4) is 0 Å². The van der Waals surface area contributed by atoms with E-state index >= 15 is 0 Å². The number of carbonyl (C=O) groups excluding carboxylic acids is 1. The van der Waals surface area contributed by atoms with E-state index in [1.54, 1.807) is 12.1 Å². The predicted octanol–water partition coefficient (Wildman–Crippen LogP) is 4.79. The molecule has 5 nitrogen and oxygen atoms in total. The van der Waals surface area contributed by atoms with Crippen molar-refractivity contribution in [1.82, 2.24) is 5.32 Å². The van der Waals surface area contributed by atoms with Crippen molar-refractivity contribution >= 4 is 35.3 Å². The fraction of sp³-hybridized carbons (Fsp3) is 0.333. The maximum atomic E-state index is 12.1. The number of carbonyl (C=O) groups is 2. The Morgan fingerprint density at radius 2 is 1.79 bits per heavy atom. The Balaban J connectivity index is 1.39. The molecular formula is C21H19Cl2NO4. The van der Waals surface area contributed by atoms with Gasteiger partial charge in [0.1, 0.15) is 12.6 Å². The Kier molecular flexibility index (Phi) is 4.76. The van der Waals surface area contributed by atoms with Crippen LogP contribution in [0.25, 0.3) is 0 Å². The van der Waals surface area contributed by atoms with Crippen molar-refractivity contribution in [2.75, 3.05) is 0 Å². The number of carboxylic acids is 1. The molecule has 3 fully saturated rings. The van der Waals surface area contributed by atoms with Gasteiger partial charge in [0.15, 0.2) is 0 Å². The lowest BCUT2D eigenvalue weighted by Crippen LogP contribution is -2.73. The number of hydrogen-bond acceptors (Lipinski definition) is 3. The molecule has 2 bridgehead atoms. The molecule has 3 aliphatic carbocycles. The van der Waals surface area contributed by atoms with Crippen molar-refractivity contribution in [2.45, 2.75) is 37.3 Å². The molecule has 2 aromatic carbocycles. The van der Waals surface area contributed by atoms with Crippen LogP contribution in [-0.4, -0.2) is 23.2 Å². The molecule has 28 heavy (non-hydrogen) atoms. The summed E-state index contributed by atoms with van der Waals surface area (Å²) in [6.07, 6.45) is 1.27. The van der Waals surface area contributed by atoms with Gasteiger partial charge in [0.2, 0.25) is 0 Å². The largest absolute Gasteiger partial charge is 0.480 e. The summed E-state index contributed by atoms with van der Waals surface area (Å²) in [5.74, 6) is -1.05. The molecule has 7 heteroatoms. The van der Waals surface area contributed by atoms with E-state index in [0.717, 1.165) is 11.1 Å². The predicted molar refractivity (Wildman–Crippen MR) is 106 cm³/mol. The lowest BCUT2D eigenvalue weighted by atomic mass is 9.31. The van der Waals surface area contributed by atoms with Gasteiger partial charge in [0.25, 0.3) is 0 Å². The number of hydrogen-bond donors (Lipinski definition) is 2. The van der Waals surface area contributed by atoms with Gasteiger partial charge in [-0.1, -0.05) is 59.6 Å². The van der Waals surface area contributed by atoms with Crippen LogP contribution >= 0.6 is 23.2 Å². The highest BCUT2D eigenvalue weighted by Gasteiger charge is 2.73. The number of alkyl carbamates (subject to hydrolysis) is 1.